The van der Waals surface area contributed by atoms with Crippen molar-refractivity contribution in [1.29, 1.82) is 0 Å². The smallest absolute Gasteiger partial charge is 0.223 e. The first-order valence-electron chi connectivity index (χ1n) is 10.3. The van der Waals surface area contributed by atoms with E-state index in [-0.39, 0.29) is 23.2 Å². The lowest BCUT2D eigenvalue weighted by atomic mass is 9.74. The van der Waals surface area contributed by atoms with Crippen LogP contribution in [0.4, 0.5) is 0 Å². The van der Waals surface area contributed by atoms with Crippen LogP contribution in [-0.4, -0.2) is 21.9 Å². The molecule has 0 unspecified atom stereocenters. The summed E-state index contributed by atoms with van der Waals surface area (Å²) in [7, 11) is 0. The van der Waals surface area contributed by atoms with Gasteiger partial charge in [0.15, 0.2) is 5.75 Å². The minimum absolute atomic E-state index is 0.0266. The molecule has 5 heteroatoms. The number of aliphatic hydroxyl groups excluding tert-OH is 1. The molecule has 0 saturated carbocycles. The third-order valence-corrected chi connectivity index (χ3v) is 6.68. The highest BCUT2D eigenvalue weighted by Gasteiger charge is 2.50. The molecule has 0 amide bonds. The van der Waals surface area contributed by atoms with Crippen molar-refractivity contribution in [1.82, 2.24) is 0 Å². The summed E-state index contributed by atoms with van der Waals surface area (Å²) in [6.07, 6.45) is 7.60. The van der Waals surface area contributed by atoms with E-state index < -0.39 is 17.1 Å². The van der Waals surface area contributed by atoms with Crippen molar-refractivity contribution in [3.8, 4) is 11.5 Å². The Morgan fingerprint density at radius 3 is 2.69 bits per heavy atom. The van der Waals surface area contributed by atoms with Crippen LogP contribution in [-0.2, 0) is 11.3 Å². The first kappa shape index (κ1) is 20.2. The van der Waals surface area contributed by atoms with Crippen LogP contribution in [0.2, 0.25) is 0 Å². The minimum Gasteiger partial charge on any atom is -0.504 e. The third-order valence-electron chi connectivity index (χ3n) is 6.68. The highest BCUT2D eigenvalue weighted by Crippen LogP contribution is 2.53. The normalized spacial score (nSPS) is 35.9. The molecular weight excluding hydrogens is 368 g/mol. The maximum absolute atomic E-state index is 12.3. The fraction of sp³-hybridized carbons (Fsp3) is 0.542. The van der Waals surface area contributed by atoms with Gasteiger partial charge < -0.3 is 19.7 Å². The lowest BCUT2D eigenvalue weighted by Gasteiger charge is -2.45. The molecule has 0 fully saturated rings. The van der Waals surface area contributed by atoms with Crippen LogP contribution in [0, 0.1) is 11.3 Å². The molecule has 0 radical (unpaired) electrons. The fourth-order valence-electron chi connectivity index (χ4n) is 4.73. The SMILES string of the molecule is C/C1=C\CC(C)(C)/C=C/C[C@@]2(C)Oc3cc(=O)c(O)cc4c3[C@@H](OC4)[C@@H]2C[C@@H]1O. The van der Waals surface area contributed by atoms with Gasteiger partial charge in [0.1, 0.15) is 11.4 Å². The number of hydrogen-bond donors (Lipinski definition) is 2. The fourth-order valence-corrected chi connectivity index (χ4v) is 4.73. The summed E-state index contributed by atoms with van der Waals surface area (Å²) >= 11 is 0. The Bertz CT molecular complexity index is 945. The molecule has 29 heavy (non-hydrogen) atoms. The van der Waals surface area contributed by atoms with Gasteiger partial charge in [-0.05, 0) is 49.3 Å². The Morgan fingerprint density at radius 2 is 1.93 bits per heavy atom. The van der Waals surface area contributed by atoms with Crippen molar-refractivity contribution in [3.05, 3.63) is 57.3 Å². The third kappa shape index (κ3) is 3.62. The number of rotatable bonds is 0. The topological polar surface area (TPSA) is 76.0 Å². The maximum atomic E-state index is 12.3. The Morgan fingerprint density at radius 1 is 1.17 bits per heavy atom. The first-order valence-corrected chi connectivity index (χ1v) is 10.3. The average Bonchev–Trinajstić information content (AvgIpc) is 3.00. The number of aromatic hydroxyl groups is 1. The molecule has 2 heterocycles. The van der Waals surface area contributed by atoms with E-state index >= 15 is 0 Å². The summed E-state index contributed by atoms with van der Waals surface area (Å²) in [6.45, 7) is 8.67. The zero-order valence-corrected chi connectivity index (χ0v) is 17.6. The van der Waals surface area contributed by atoms with Crippen LogP contribution in [0.15, 0.2) is 40.7 Å². The van der Waals surface area contributed by atoms with Crippen molar-refractivity contribution in [2.75, 3.05) is 0 Å². The number of ether oxygens (including phenoxy) is 2. The van der Waals surface area contributed by atoms with Crippen LogP contribution < -0.4 is 10.2 Å². The Labute approximate surface area is 171 Å². The van der Waals surface area contributed by atoms with Gasteiger partial charge in [-0.1, -0.05) is 32.1 Å². The molecular formula is C24H30O5. The van der Waals surface area contributed by atoms with Gasteiger partial charge in [0.05, 0.1) is 18.8 Å². The molecule has 0 saturated heterocycles. The van der Waals surface area contributed by atoms with E-state index in [9.17, 15) is 15.0 Å². The van der Waals surface area contributed by atoms with Crippen LogP contribution >= 0.6 is 0 Å². The molecule has 0 bridgehead atoms. The van der Waals surface area contributed by atoms with Crippen LogP contribution in [0.5, 0.6) is 11.5 Å². The second kappa shape index (κ2) is 6.99. The standard InChI is InChI=1S/C24H30O5/c1-14-6-9-23(2,3)7-5-8-24(4)16(11-17(14)25)22-21-15(13-28-22)10-18(26)19(27)12-20(21)29-24/h5-7,10,12,16-17,22,25H,8-9,11,13H2,1-4H3,(H,26,27)/b7-5+,14-6+/t16-,17-,22-,24+/m0/s1. The number of allylic oxidation sites excluding steroid dienone is 2. The van der Waals surface area contributed by atoms with Gasteiger partial charge in [-0.25, -0.2) is 0 Å². The van der Waals surface area contributed by atoms with E-state index in [4.69, 9.17) is 9.47 Å². The number of aliphatic hydroxyl groups is 1. The Kier molecular flexibility index (Phi) is 4.87. The molecule has 2 aliphatic heterocycles. The van der Waals surface area contributed by atoms with Crippen molar-refractivity contribution < 1.29 is 19.7 Å². The minimum atomic E-state index is -0.645. The summed E-state index contributed by atoms with van der Waals surface area (Å²) in [4.78, 5) is 12.3. The summed E-state index contributed by atoms with van der Waals surface area (Å²) in [5, 5.41) is 21.0. The van der Waals surface area contributed by atoms with Crippen molar-refractivity contribution in [3.63, 3.8) is 0 Å². The first-order chi connectivity index (χ1) is 13.6. The molecule has 1 aliphatic carbocycles. The molecule has 1 aromatic carbocycles. The molecule has 0 aromatic heterocycles. The lowest BCUT2D eigenvalue weighted by molar-refractivity contribution is -0.0971. The van der Waals surface area contributed by atoms with Gasteiger partial charge >= 0.3 is 0 Å². The predicted molar refractivity (Wildman–Crippen MR) is 111 cm³/mol. The van der Waals surface area contributed by atoms with Crippen molar-refractivity contribution in [2.45, 2.75) is 71.4 Å². The van der Waals surface area contributed by atoms with E-state index in [0.717, 1.165) is 23.1 Å². The zero-order valence-electron chi connectivity index (χ0n) is 17.6. The summed E-state index contributed by atoms with van der Waals surface area (Å²) in [6, 6.07) is 2.86. The zero-order chi connectivity index (χ0) is 21.0. The summed E-state index contributed by atoms with van der Waals surface area (Å²) in [5.41, 5.74) is 1.44. The Hall–Kier alpha value is -2.11. The molecule has 0 spiro atoms. The van der Waals surface area contributed by atoms with E-state index in [1.54, 1.807) is 0 Å². The van der Waals surface area contributed by atoms with Gasteiger partial charge in [-0.2, -0.15) is 0 Å². The van der Waals surface area contributed by atoms with Crippen LogP contribution in [0.1, 0.15) is 64.2 Å². The van der Waals surface area contributed by atoms with Crippen LogP contribution in [0.25, 0.3) is 0 Å². The molecule has 4 atom stereocenters. The van der Waals surface area contributed by atoms with Gasteiger partial charge in [0, 0.05) is 24.0 Å². The summed E-state index contributed by atoms with van der Waals surface area (Å²) < 4.78 is 12.6. The molecule has 2 N–H and O–H groups in total. The highest BCUT2D eigenvalue weighted by molar-refractivity contribution is 5.48. The van der Waals surface area contributed by atoms with Gasteiger partial charge in [-0.15, -0.1) is 0 Å². The van der Waals surface area contributed by atoms with Crippen molar-refractivity contribution >= 4 is 0 Å². The summed E-state index contributed by atoms with van der Waals surface area (Å²) in [5.74, 6) is 0.0892. The van der Waals surface area contributed by atoms with Gasteiger partial charge in [0.2, 0.25) is 5.43 Å². The molecule has 5 nitrogen and oxygen atoms in total. The largest absolute Gasteiger partial charge is 0.504 e. The highest BCUT2D eigenvalue weighted by atomic mass is 16.5. The average molecular weight is 398 g/mol. The van der Waals surface area contributed by atoms with Crippen LogP contribution in [0.3, 0.4) is 0 Å². The van der Waals surface area contributed by atoms with E-state index in [1.807, 2.05) is 13.8 Å². The Balaban J connectivity index is 1.85. The molecule has 3 aliphatic rings. The maximum Gasteiger partial charge on any atom is 0.223 e. The van der Waals surface area contributed by atoms with Crippen molar-refractivity contribution in [2.24, 2.45) is 11.3 Å². The van der Waals surface area contributed by atoms with E-state index in [0.29, 0.717) is 25.2 Å². The second-order valence-corrected chi connectivity index (χ2v) is 9.59. The quantitative estimate of drug-likeness (QED) is 0.642. The second-order valence-electron chi connectivity index (χ2n) is 9.59. The predicted octanol–water partition coefficient (Wildman–Crippen LogP) is 4.16. The number of fused-ring (bicyclic) bond motifs is 2. The molecule has 156 valence electrons. The van der Waals surface area contributed by atoms with E-state index in [2.05, 4.69) is 32.1 Å². The molecule has 4 rings (SSSR count). The number of hydrogen-bond acceptors (Lipinski definition) is 5. The lowest BCUT2D eigenvalue weighted by Crippen LogP contribution is -2.48. The van der Waals surface area contributed by atoms with E-state index in [1.165, 1.54) is 12.1 Å². The van der Waals surface area contributed by atoms with Gasteiger partial charge in [0.25, 0.3) is 0 Å². The molecule has 1 aromatic rings. The van der Waals surface area contributed by atoms with Gasteiger partial charge in [-0.3, -0.25) is 4.79 Å². The monoisotopic (exact) mass is 398 g/mol.